The molecule has 1 unspecified atom stereocenters. The van der Waals surface area contributed by atoms with Crippen LogP contribution in [-0.2, 0) is 14.4 Å². The van der Waals surface area contributed by atoms with Crippen molar-refractivity contribution in [3.8, 4) is 0 Å². The molecule has 0 aliphatic carbocycles. The van der Waals surface area contributed by atoms with Gasteiger partial charge in [-0.2, -0.15) is 0 Å². The molecule has 0 spiro atoms. The fraction of sp³-hybridized carbons (Fsp3) is 0.636. The third-order valence-corrected chi connectivity index (χ3v) is 2.21. The van der Waals surface area contributed by atoms with Gasteiger partial charge in [-0.3, -0.25) is 19.7 Å². The van der Waals surface area contributed by atoms with Crippen LogP contribution in [0.1, 0.15) is 26.2 Å². The molecule has 0 fully saturated rings. The van der Waals surface area contributed by atoms with Gasteiger partial charge in [-0.15, -0.1) is 0 Å². The number of nitrogens with zero attached hydrogens (tertiary/aromatic N) is 1. The summed E-state index contributed by atoms with van der Waals surface area (Å²) in [5, 5.41) is 12.7. The smallest absolute Gasteiger partial charge is 0.322 e. The van der Waals surface area contributed by atoms with Crippen molar-refractivity contribution in [3.63, 3.8) is 0 Å². The minimum atomic E-state index is -0.998. The molecule has 8 heteroatoms. The Morgan fingerprint density at radius 1 is 1.16 bits per heavy atom. The highest BCUT2D eigenvalue weighted by Gasteiger charge is 2.18. The summed E-state index contributed by atoms with van der Waals surface area (Å²) >= 11 is 0. The van der Waals surface area contributed by atoms with Gasteiger partial charge in [0, 0.05) is 26.9 Å². The molecule has 0 rings (SSSR count). The highest BCUT2D eigenvalue weighted by atomic mass is 16.4. The van der Waals surface area contributed by atoms with Crippen LogP contribution in [0.4, 0.5) is 4.79 Å². The van der Waals surface area contributed by atoms with Crippen LogP contribution < -0.4 is 10.6 Å². The molecule has 0 aromatic rings. The monoisotopic (exact) mass is 273 g/mol. The van der Waals surface area contributed by atoms with Crippen molar-refractivity contribution in [3.05, 3.63) is 0 Å². The van der Waals surface area contributed by atoms with Gasteiger partial charge in [-0.25, -0.2) is 4.79 Å². The van der Waals surface area contributed by atoms with Crippen molar-refractivity contribution in [1.82, 2.24) is 15.5 Å². The number of nitrogens with one attached hydrogen (secondary N) is 2. The van der Waals surface area contributed by atoms with Crippen molar-refractivity contribution < 1.29 is 24.3 Å². The molecular weight excluding hydrogens is 254 g/mol. The van der Waals surface area contributed by atoms with Crippen molar-refractivity contribution in [2.75, 3.05) is 14.1 Å². The molecule has 0 saturated heterocycles. The van der Waals surface area contributed by atoms with E-state index >= 15 is 0 Å². The minimum Gasteiger partial charge on any atom is -0.481 e. The predicted molar refractivity (Wildman–Crippen MR) is 66.3 cm³/mol. The van der Waals surface area contributed by atoms with Crippen LogP contribution in [-0.4, -0.2) is 54.0 Å². The van der Waals surface area contributed by atoms with Crippen molar-refractivity contribution in [2.24, 2.45) is 0 Å². The molecule has 0 bridgehead atoms. The van der Waals surface area contributed by atoms with E-state index < -0.39 is 23.9 Å². The van der Waals surface area contributed by atoms with Gasteiger partial charge in [0.15, 0.2) is 0 Å². The number of carbonyl (C=O) groups excluding carboxylic acids is 3. The average molecular weight is 273 g/mol. The standard InChI is InChI=1S/C11H19N3O5/c1-7(10(18)14(2)3)12-11(19)13-8(15)5-4-6-9(16)17/h7H,4-6H2,1-3H3,(H,16,17)(H2,12,13,15,19). The Morgan fingerprint density at radius 2 is 1.74 bits per heavy atom. The van der Waals surface area contributed by atoms with Gasteiger partial charge in [0.2, 0.25) is 11.8 Å². The molecule has 1 atom stereocenters. The summed E-state index contributed by atoms with van der Waals surface area (Å²) in [5.41, 5.74) is 0. The minimum absolute atomic E-state index is 0.0598. The lowest BCUT2D eigenvalue weighted by Crippen LogP contribution is -2.49. The molecule has 0 radical (unpaired) electrons. The molecule has 8 nitrogen and oxygen atoms in total. The summed E-state index contributed by atoms with van der Waals surface area (Å²) in [4.78, 5) is 45.6. The number of amides is 4. The van der Waals surface area contributed by atoms with Crippen LogP contribution in [0.5, 0.6) is 0 Å². The second-order valence-corrected chi connectivity index (χ2v) is 4.22. The van der Waals surface area contributed by atoms with Crippen LogP contribution in [0.3, 0.4) is 0 Å². The maximum Gasteiger partial charge on any atom is 0.322 e. The number of aliphatic carboxylic acids is 1. The number of carboxylic acids is 1. The van der Waals surface area contributed by atoms with Gasteiger partial charge in [-0.1, -0.05) is 0 Å². The molecule has 0 saturated carbocycles. The Morgan fingerprint density at radius 3 is 2.21 bits per heavy atom. The molecule has 3 N–H and O–H groups in total. The number of urea groups is 1. The molecule has 0 aromatic carbocycles. The lowest BCUT2D eigenvalue weighted by atomic mass is 10.2. The highest BCUT2D eigenvalue weighted by molar-refractivity contribution is 5.96. The van der Waals surface area contributed by atoms with E-state index in [0.29, 0.717) is 0 Å². The van der Waals surface area contributed by atoms with E-state index in [2.05, 4.69) is 5.32 Å². The molecule has 19 heavy (non-hydrogen) atoms. The number of carboxylic acid groups (broad SMARTS) is 1. The second-order valence-electron chi connectivity index (χ2n) is 4.22. The van der Waals surface area contributed by atoms with Crippen molar-refractivity contribution >= 4 is 23.8 Å². The topological polar surface area (TPSA) is 116 Å². The summed E-state index contributed by atoms with van der Waals surface area (Å²) in [5.74, 6) is -1.88. The Bertz CT molecular complexity index is 367. The first kappa shape index (κ1) is 16.9. The Balaban J connectivity index is 4.00. The molecule has 0 aliphatic heterocycles. The molecule has 108 valence electrons. The average Bonchev–Trinajstić information content (AvgIpc) is 2.26. The Labute approximate surface area is 111 Å². The summed E-state index contributed by atoms with van der Waals surface area (Å²) in [6, 6.07) is -1.52. The first-order valence-electron chi connectivity index (χ1n) is 5.77. The number of rotatable bonds is 6. The zero-order valence-electron chi connectivity index (χ0n) is 11.2. The van der Waals surface area contributed by atoms with Gasteiger partial charge in [0.25, 0.3) is 0 Å². The first-order chi connectivity index (χ1) is 8.73. The van der Waals surface area contributed by atoms with E-state index in [4.69, 9.17) is 5.11 Å². The van der Waals surface area contributed by atoms with Gasteiger partial charge in [0.1, 0.15) is 6.04 Å². The normalized spacial score (nSPS) is 11.3. The zero-order chi connectivity index (χ0) is 15.0. The van der Waals surface area contributed by atoms with Gasteiger partial charge >= 0.3 is 12.0 Å². The fourth-order valence-corrected chi connectivity index (χ4v) is 1.27. The van der Waals surface area contributed by atoms with E-state index in [1.165, 1.54) is 11.8 Å². The van der Waals surface area contributed by atoms with E-state index in [1.807, 2.05) is 5.32 Å². The predicted octanol–water partition coefficient (Wildman–Crippen LogP) is -0.456. The van der Waals surface area contributed by atoms with Crippen LogP contribution in [0.2, 0.25) is 0 Å². The third-order valence-electron chi connectivity index (χ3n) is 2.21. The van der Waals surface area contributed by atoms with E-state index in [9.17, 15) is 19.2 Å². The second kappa shape index (κ2) is 8.06. The maximum atomic E-state index is 11.4. The molecule has 0 aromatic heterocycles. The summed E-state index contributed by atoms with van der Waals surface area (Å²) in [7, 11) is 3.10. The Kier molecular flexibility index (Phi) is 7.16. The first-order valence-corrected chi connectivity index (χ1v) is 5.77. The number of likely N-dealkylation sites (N-methyl/N-ethyl adjacent to an activating group) is 1. The third kappa shape index (κ3) is 7.74. The van der Waals surface area contributed by atoms with Gasteiger partial charge in [-0.05, 0) is 13.3 Å². The van der Waals surface area contributed by atoms with E-state index in [1.54, 1.807) is 14.1 Å². The summed E-state index contributed by atoms with van der Waals surface area (Å²) in [6.45, 7) is 1.50. The fourth-order valence-electron chi connectivity index (χ4n) is 1.27. The van der Waals surface area contributed by atoms with Crippen molar-refractivity contribution in [2.45, 2.75) is 32.2 Å². The van der Waals surface area contributed by atoms with Crippen LogP contribution >= 0.6 is 0 Å². The summed E-state index contributed by atoms with van der Waals surface area (Å²) < 4.78 is 0. The molecule has 0 heterocycles. The van der Waals surface area contributed by atoms with Gasteiger partial charge < -0.3 is 15.3 Å². The van der Waals surface area contributed by atoms with Crippen molar-refractivity contribution in [1.29, 1.82) is 0 Å². The van der Waals surface area contributed by atoms with Crippen LogP contribution in [0.15, 0.2) is 0 Å². The Hall–Kier alpha value is -2.12. The lowest BCUT2D eigenvalue weighted by molar-refractivity contribution is -0.137. The molecule has 4 amide bonds. The SMILES string of the molecule is CC(NC(=O)NC(=O)CCCC(=O)O)C(=O)N(C)C. The number of hydrogen-bond acceptors (Lipinski definition) is 4. The number of carbonyl (C=O) groups is 4. The molecule has 0 aliphatic rings. The van der Waals surface area contributed by atoms with Gasteiger partial charge in [0.05, 0.1) is 0 Å². The largest absolute Gasteiger partial charge is 0.481 e. The maximum absolute atomic E-state index is 11.4. The van der Waals surface area contributed by atoms with E-state index in [-0.39, 0.29) is 25.2 Å². The van der Waals surface area contributed by atoms with Crippen LogP contribution in [0.25, 0.3) is 0 Å². The zero-order valence-corrected chi connectivity index (χ0v) is 11.2. The summed E-state index contributed by atoms with van der Waals surface area (Å²) in [6.07, 6.45) is -0.0408. The number of hydrogen-bond donors (Lipinski definition) is 3. The quantitative estimate of drug-likeness (QED) is 0.606. The van der Waals surface area contributed by atoms with E-state index in [0.717, 1.165) is 0 Å². The lowest BCUT2D eigenvalue weighted by Gasteiger charge is -2.17. The number of imide groups is 1. The molecular formula is C11H19N3O5. The van der Waals surface area contributed by atoms with Crippen LogP contribution in [0, 0.1) is 0 Å². The highest BCUT2D eigenvalue weighted by Crippen LogP contribution is 1.95.